The lowest BCUT2D eigenvalue weighted by molar-refractivity contribution is -0.119. The van der Waals surface area contributed by atoms with Crippen molar-refractivity contribution in [2.75, 3.05) is 30.5 Å². The molecule has 0 spiro atoms. The molecule has 2 N–H and O–H groups in total. The molecule has 194 valence electrons. The summed E-state index contributed by atoms with van der Waals surface area (Å²) in [6, 6.07) is 13.9. The van der Waals surface area contributed by atoms with Gasteiger partial charge in [-0.1, -0.05) is 24.3 Å². The van der Waals surface area contributed by atoms with Crippen LogP contribution in [0.3, 0.4) is 0 Å². The molecule has 1 heterocycles. The highest BCUT2D eigenvalue weighted by atomic mass is 32.2. The number of anilines is 2. The first-order valence-electron chi connectivity index (χ1n) is 11.3. The fourth-order valence-electron chi connectivity index (χ4n) is 4.20. The molecule has 3 amide bonds. The molecular formula is C26H25F2N3O5S. The number of ether oxygens (including phenoxy) is 1. The third-order valence-corrected chi connectivity index (χ3v) is 7.23. The minimum absolute atomic E-state index is 0.0607. The Balaban J connectivity index is 1.53. The smallest absolute Gasteiger partial charge is 0.322 e. The second-order valence-corrected chi connectivity index (χ2v) is 10.6. The van der Waals surface area contributed by atoms with Crippen LogP contribution in [-0.4, -0.2) is 57.3 Å². The molecule has 3 aromatic carbocycles. The SMILES string of the molecule is COC1CC(C(=O)Nc2ccc(-c3ccccc3S(C)(=O)=O)cc2F)N(C(=O)Nc2ccc(F)cc2)C1. The van der Waals surface area contributed by atoms with Gasteiger partial charge in [-0.15, -0.1) is 0 Å². The Morgan fingerprint density at radius 2 is 1.70 bits per heavy atom. The second kappa shape index (κ2) is 10.7. The van der Waals surface area contributed by atoms with Gasteiger partial charge in [-0.05, 0) is 48.0 Å². The van der Waals surface area contributed by atoms with Gasteiger partial charge in [0.2, 0.25) is 5.91 Å². The van der Waals surface area contributed by atoms with Crippen LogP contribution in [0.15, 0.2) is 71.6 Å². The third-order valence-electron chi connectivity index (χ3n) is 6.08. The van der Waals surface area contributed by atoms with Gasteiger partial charge in [-0.3, -0.25) is 4.79 Å². The number of methoxy groups -OCH3 is 1. The highest BCUT2D eigenvalue weighted by molar-refractivity contribution is 7.90. The summed E-state index contributed by atoms with van der Waals surface area (Å²) in [6.45, 7) is 0.130. The van der Waals surface area contributed by atoms with Gasteiger partial charge in [0, 0.05) is 37.6 Å². The summed E-state index contributed by atoms with van der Waals surface area (Å²) in [6.07, 6.45) is 0.860. The van der Waals surface area contributed by atoms with Gasteiger partial charge < -0.3 is 20.3 Å². The summed E-state index contributed by atoms with van der Waals surface area (Å²) in [4.78, 5) is 27.3. The number of carbonyl (C=O) groups excluding carboxylic acids is 2. The Kier molecular flexibility index (Phi) is 7.55. The summed E-state index contributed by atoms with van der Waals surface area (Å²) >= 11 is 0. The summed E-state index contributed by atoms with van der Waals surface area (Å²) in [5.74, 6) is -1.83. The maximum atomic E-state index is 15.0. The molecule has 4 rings (SSSR count). The molecule has 3 aromatic rings. The van der Waals surface area contributed by atoms with E-state index >= 15 is 4.39 Å². The number of urea groups is 1. The molecule has 0 aromatic heterocycles. The topological polar surface area (TPSA) is 105 Å². The molecule has 2 unspecified atom stereocenters. The molecule has 0 radical (unpaired) electrons. The van der Waals surface area contributed by atoms with Crippen LogP contribution in [0, 0.1) is 11.6 Å². The van der Waals surface area contributed by atoms with Gasteiger partial charge in [0.15, 0.2) is 9.84 Å². The Morgan fingerprint density at radius 1 is 1.00 bits per heavy atom. The van der Waals surface area contributed by atoms with Crippen LogP contribution in [0.4, 0.5) is 25.0 Å². The van der Waals surface area contributed by atoms with Crippen LogP contribution in [0.2, 0.25) is 0 Å². The van der Waals surface area contributed by atoms with Crippen molar-refractivity contribution in [2.24, 2.45) is 0 Å². The first kappa shape index (κ1) is 26.2. The number of amides is 3. The summed E-state index contributed by atoms with van der Waals surface area (Å²) in [7, 11) is -2.08. The average molecular weight is 530 g/mol. The van der Waals surface area contributed by atoms with Crippen molar-refractivity contribution in [1.29, 1.82) is 0 Å². The number of sulfone groups is 1. The van der Waals surface area contributed by atoms with E-state index in [1.165, 1.54) is 54.5 Å². The van der Waals surface area contributed by atoms with Crippen molar-refractivity contribution in [3.05, 3.63) is 78.4 Å². The zero-order valence-corrected chi connectivity index (χ0v) is 20.9. The van der Waals surface area contributed by atoms with E-state index < -0.39 is 45.6 Å². The van der Waals surface area contributed by atoms with Crippen LogP contribution in [-0.2, 0) is 19.4 Å². The van der Waals surface area contributed by atoms with Crippen molar-refractivity contribution >= 4 is 33.2 Å². The molecule has 1 aliphatic rings. The molecule has 37 heavy (non-hydrogen) atoms. The highest BCUT2D eigenvalue weighted by Crippen LogP contribution is 2.30. The molecule has 8 nitrogen and oxygen atoms in total. The molecular weight excluding hydrogens is 504 g/mol. The predicted octanol–water partition coefficient (Wildman–Crippen LogP) is 4.30. The Morgan fingerprint density at radius 3 is 2.35 bits per heavy atom. The number of likely N-dealkylation sites (tertiary alicyclic amines) is 1. The number of halogens is 2. The van der Waals surface area contributed by atoms with Gasteiger partial charge in [0.1, 0.15) is 17.7 Å². The normalized spacial score (nSPS) is 17.5. The number of hydrogen-bond donors (Lipinski definition) is 2. The lowest BCUT2D eigenvalue weighted by Crippen LogP contribution is -2.45. The van der Waals surface area contributed by atoms with E-state index in [1.807, 2.05) is 0 Å². The van der Waals surface area contributed by atoms with Crippen molar-refractivity contribution in [1.82, 2.24) is 4.90 Å². The summed E-state index contributed by atoms with van der Waals surface area (Å²) < 4.78 is 57.8. The summed E-state index contributed by atoms with van der Waals surface area (Å²) in [5, 5.41) is 5.14. The van der Waals surface area contributed by atoms with E-state index in [9.17, 15) is 22.4 Å². The van der Waals surface area contributed by atoms with Crippen molar-refractivity contribution < 1.29 is 31.5 Å². The second-order valence-electron chi connectivity index (χ2n) is 8.65. The fourth-order valence-corrected chi connectivity index (χ4v) is 5.11. The van der Waals surface area contributed by atoms with E-state index in [0.717, 1.165) is 12.3 Å². The van der Waals surface area contributed by atoms with Crippen molar-refractivity contribution in [3.8, 4) is 11.1 Å². The monoisotopic (exact) mass is 529 g/mol. The number of nitrogens with zero attached hydrogens (tertiary/aromatic N) is 1. The highest BCUT2D eigenvalue weighted by Gasteiger charge is 2.40. The zero-order valence-electron chi connectivity index (χ0n) is 20.1. The number of rotatable bonds is 6. The molecule has 1 fully saturated rings. The first-order valence-corrected chi connectivity index (χ1v) is 13.2. The van der Waals surface area contributed by atoms with Crippen LogP contribution >= 0.6 is 0 Å². The molecule has 0 bridgehead atoms. The Labute approximate surface area is 213 Å². The van der Waals surface area contributed by atoms with Gasteiger partial charge in [0.05, 0.1) is 16.7 Å². The standard InChI is InChI=1S/C26H25F2N3O5S/c1-36-19-14-23(31(15-19)26(33)29-18-10-8-17(27)9-11-18)25(32)30-22-12-7-16(13-21(22)28)20-5-3-4-6-24(20)37(2,34)35/h3-13,19,23H,14-15H2,1-2H3,(H,29,33)(H,30,32). The van der Waals surface area contributed by atoms with Crippen molar-refractivity contribution in [2.45, 2.75) is 23.5 Å². The number of carbonyl (C=O) groups is 2. The van der Waals surface area contributed by atoms with E-state index in [1.54, 1.807) is 18.2 Å². The minimum Gasteiger partial charge on any atom is -0.380 e. The fraction of sp³-hybridized carbons (Fsp3) is 0.231. The van der Waals surface area contributed by atoms with Crippen LogP contribution in [0.1, 0.15) is 6.42 Å². The molecule has 0 saturated carbocycles. The lowest BCUT2D eigenvalue weighted by atomic mass is 10.0. The largest absolute Gasteiger partial charge is 0.380 e. The summed E-state index contributed by atoms with van der Waals surface area (Å²) in [5.41, 5.74) is 0.897. The number of nitrogens with one attached hydrogen (secondary N) is 2. The maximum absolute atomic E-state index is 15.0. The zero-order chi connectivity index (χ0) is 26.7. The maximum Gasteiger partial charge on any atom is 0.322 e. The molecule has 1 saturated heterocycles. The van der Waals surface area contributed by atoms with Gasteiger partial charge >= 0.3 is 6.03 Å². The molecule has 2 atom stereocenters. The average Bonchev–Trinajstić information content (AvgIpc) is 3.31. The van der Waals surface area contributed by atoms with Gasteiger partial charge in [-0.25, -0.2) is 22.0 Å². The molecule has 11 heteroatoms. The Bertz CT molecular complexity index is 1430. The molecule has 0 aliphatic carbocycles. The third kappa shape index (κ3) is 5.95. The predicted molar refractivity (Wildman–Crippen MR) is 135 cm³/mol. The van der Waals surface area contributed by atoms with E-state index in [-0.39, 0.29) is 23.5 Å². The number of benzene rings is 3. The van der Waals surface area contributed by atoms with Gasteiger partial charge in [0.25, 0.3) is 0 Å². The van der Waals surface area contributed by atoms with Crippen LogP contribution in [0.5, 0.6) is 0 Å². The van der Waals surface area contributed by atoms with E-state index in [0.29, 0.717) is 16.8 Å². The quantitative estimate of drug-likeness (QED) is 0.496. The van der Waals surface area contributed by atoms with Crippen LogP contribution < -0.4 is 10.6 Å². The first-order chi connectivity index (χ1) is 17.6. The van der Waals surface area contributed by atoms with Crippen molar-refractivity contribution in [3.63, 3.8) is 0 Å². The number of hydrogen-bond acceptors (Lipinski definition) is 5. The van der Waals surface area contributed by atoms with Crippen LogP contribution in [0.25, 0.3) is 11.1 Å². The van der Waals surface area contributed by atoms with E-state index in [2.05, 4.69) is 10.6 Å². The minimum atomic E-state index is -3.55. The molecule has 1 aliphatic heterocycles. The van der Waals surface area contributed by atoms with Gasteiger partial charge in [-0.2, -0.15) is 0 Å². The Hall–Kier alpha value is -3.83. The van der Waals surface area contributed by atoms with E-state index in [4.69, 9.17) is 4.74 Å². The lowest BCUT2D eigenvalue weighted by Gasteiger charge is -2.24.